The van der Waals surface area contributed by atoms with Gasteiger partial charge in [0.05, 0.1) is 11.5 Å². The normalized spacial score (nSPS) is 18.0. The second-order valence-corrected chi connectivity index (χ2v) is 9.99. The van der Waals surface area contributed by atoms with E-state index in [0.717, 1.165) is 5.56 Å². The van der Waals surface area contributed by atoms with Crippen LogP contribution >= 0.6 is 23.2 Å². The van der Waals surface area contributed by atoms with Crippen LogP contribution in [0, 0.1) is 6.92 Å². The molecule has 0 aliphatic carbocycles. The number of carbonyl (C=O) groups excluding carboxylic acids is 1. The van der Waals surface area contributed by atoms with Crippen molar-refractivity contribution in [2.75, 3.05) is 18.1 Å². The number of benzene rings is 2. The Balaban J connectivity index is 1.76. The lowest BCUT2D eigenvalue weighted by Gasteiger charge is -2.29. The number of ether oxygens (including phenoxy) is 1. The van der Waals surface area contributed by atoms with Crippen LogP contribution in [0.4, 0.5) is 0 Å². The number of amides is 1. The Labute approximate surface area is 175 Å². The molecule has 1 fully saturated rings. The van der Waals surface area contributed by atoms with Crippen molar-refractivity contribution in [3.8, 4) is 5.75 Å². The zero-order valence-electron chi connectivity index (χ0n) is 15.4. The zero-order chi connectivity index (χ0) is 20.3. The fraction of sp³-hybridized carbons (Fsp3) is 0.350. The average Bonchev–Trinajstić information content (AvgIpc) is 3.00. The molecular formula is C20H21Cl2NO4S. The van der Waals surface area contributed by atoms with Crippen LogP contribution in [0.3, 0.4) is 0 Å². The molecule has 1 amide bonds. The number of carbonyl (C=O) groups is 1. The first kappa shape index (κ1) is 21.0. The molecule has 2 aromatic carbocycles. The second-order valence-electron chi connectivity index (χ2n) is 6.92. The molecule has 0 N–H and O–H groups in total. The zero-order valence-corrected chi connectivity index (χ0v) is 17.7. The van der Waals surface area contributed by atoms with Gasteiger partial charge in [-0.05, 0) is 43.2 Å². The number of rotatable bonds is 6. The molecule has 1 aliphatic heterocycles. The molecule has 8 heteroatoms. The Morgan fingerprint density at radius 2 is 1.89 bits per heavy atom. The molecule has 0 saturated carbocycles. The molecule has 3 rings (SSSR count). The summed E-state index contributed by atoms with van der Waals surface area (Å²) >= 11 is 12.2. The maximum Gasteiger partial charge on any atom is 0.261 e. The highest BCUT2D eigenvalue weighted by Gasteiger charge is 2.35. The molecule has 150 valence electrons. The highest BCUT2D eigenvalue weighted by Crippen LogP contribution is 2.26. The van der Waals surface area contributed by atoms with Gasteiger partial charge in [-0.15, -0.1) is 0 Å². The van der Waals surface area contributed by atoms with E-state index in [-0.39, 0.29) is 30.6 Å². The standard InChI is InChI=1S/C20H21Cl2NO4S/c1-14-2-6-18(7-3-14)27-12-20(24)23(17-8-9-28(25,26)13-17)11-15-4-5-16(21)10-19(15)22/h2-7,10,17H,8-9,11-13H2,1H3/t17-/m0/s1. The highest BCUT2D eigenvalue weighted by molar-refractivity contribution is 7.91. The van der Waals surface area contributed by atoms with Crippen LogP contribution < -0.4 is 4.74 Å². The van der Waals surface area contributed by atoms with Gasteiger partial charge in [0, 0.05) is 22.6 Å². The Morgan fingerprint density at radius 1 is 1.18 bits per heavy atom. The number of nitrogens with zero attached hydrogens (tertiary/aromatic N) is 1. The van der Waals surface area contributed by atoms with E-state index in [1.165, 1.54) is 0 Å². The Bertz CT molecular complexity index is 961. The molecule has 0 unspecified atom stereocenters. The molecule has 2 aromatic rings. The molecule has 1 atom stereocenters. The van der Waals surface area contributed by atoms with Crippen molar-refractivity contribution in [2.45, 2.75) is 25.9 Å². The van der Waals surface area contributed by atoms with Crippen LogP contribution in [-0.4, -0.2) is 43.4 Å². The third kappa shape index (κ3) is 5.40. The molecule has 1 saturated heterocycles. The summed E-state index contributed by atoms with van der Waals surface area (Å²) in [5.41, 5.74) is 1.80. The topological polar surface area (TPSA) is 63.7 Å². The van der Waals surface area contributed by atoms with Gasteiger partial charge < -0.3 is 9.64 Å². The third-order valence-electron chi connectivity index (χ3n) is 4.71. The van der Waals surface area contributed by atoms with Crippen molar-refractivity contribution >= 4 is 38.9 Å². The Morgan fingerprint density at radius 3 is 2.50 bits per heavy atom. The van der Waals surface area contributed by atoms with E-state index in [4.69, 9.17) is 27.9 Å². The van der Waals surface area contributed by atoms with Crippen molar-refractivity contribution in [1.29, 1.82) is 0 Å². The van der Waals surface area contributed by atoms with E-state index in [0.29, 0.717) is 27.8 Å². The maximum absolute atomic E-state index is 12.9. The second kappa shape index (κ2) is 8.72. The minimum absolute atomic E-state index is 0.0471. The molecular weight excluding hydrogens is 421 g/mol. The fourth-order valence-corrected chi connectivity index (χ4v) is 5.34. The van der Waals surface area contributed by atoms with Gasteiger partial charge >= 0.3 is 0 Å². The van der Waals surface area contributed by atoms with Crippen LogP contribution in [-0.2, 0) is 21.2 Å². The van der Waals surface area contributed by atoms with Crippen molar-refractivity contribution in [3.05, 3.63) is 63.6 Å². The van der Waals surface area contributed by atoms with Gasteiger partial charge in [-0.3, -0.25) is 4.79 Å². The van der Waals surface area contributed by atoms with Crippen LogP contribution in [0.5, 0.6) is 5.75 Å². The van der Waals surface area contributed by atoms with E-state index in [2.05, 4.69) is 0 Å². The van der Waals surface area contributed by atoms with E-state index < -0.39 is 15.9 Å². The summed E-state index contributed by atoms with van der Waals surface area (Å²) in [6, 6.07) is 12.0. The first-order chi connectivity index (χ1) is 13.2. The van der Waals surface area contributed by atoms with Crippen molar-refractivity contribution in [1.82, 2.24) is 4.90 Å². The number of hydrogen-bond acceptors (Lipinski definition) is 4. The molecule has 5 nitrogen and oxygen atoms in total. The van der Waals surface area contributed by atoms with Crippen LogP contribution in [0.15, 0.2) is 42.5 Å². The maximum atomic E-state index is 12.9. The minimum atomic E-state index is -3.14. The molecule has 28 heavy (non-hydrogen) atoms. The first-order valence-electron chi connectivity index (χ1n) is 8.87. The van der Waals surface area contributed by atoms with Gasteiger partial charge in [0.2, 0.25) is 0 Å². The van der Waals surface area contributed by atoms with E-state index in [9.17, 15) is 13.2 Å². The number of hydrogen-bond donors (Lipinski definition) is 0. The predicted molar refractivity (Wildman–Crippen MR) is 111 cm³/mol. The van der Waals surface area contributed by atoms with Gasteiger partial charge in [0.15, 0.2) is 16.4 Å². The smallest absolute Gasteiger partial charge is 0.261 e. The Kier molecular flexibility index (Phi) is 6.53. The lowest BCUT2D eigenvalue weighted by molar-refractivity contribution is -0.136. The average molecular weight is 442 g/mol. The number of halogens is 2. The lowest BCUT2D eigenvalue weighted by atomic mass is 10.1. The molecule has 1 heterocycles. The Hall–Kier alpha value is -1.76. The van der Waals surface area contributed by atoms with E-state index >= 15 is 0 Å². The number of sulfone groups is 1. The van der Waals surface area contributed by atoms with E-state index in [1.807, 2.05) is 19.1 Å². The van der Waals surface area contributed by atoms with Crippen molar-refractivity contribution in [2.24, 2.45) is 0 Å². The lowest BCUT2D eigenvalue weighted by Crippen LogP contribution is -2.43. The largest absolute Gasteiger partial charge is 0.484 e. The van der Waals surface area contributed by atoms with E-state index in [1.54, 1.807) is 35.2 Å². The molecule has 0 aromatic heterocycles. The van der Waals surface area contributed by atoms with Crippen LogP contribution in [0.25, 0.3) is 0 Å². The third-order valence-corrected chi connectivity index (χ3v) is 7.05. The van der Waals surface area contributed by atoms with Crippen LogP contribution in [0.1, 0.15) is 17.5 Å². The highest BCUT2D eigenvalue weighted by atomic mass is 35.5. The predicted octanol–water partition coefficient (Wildman–Crippen LogP) is 3.90. The van der Waals surface area contributed by atoms with Gasteiger partial charge in [0.1, 0.15) is 5.75 Å². The summed E-state index contributed by atoms with van der Waals surface area (Å²) in [6.45, 7) is 1.99. The molecule has 0 bridgehead atoms. The quantitative estimate of drug-likeness (QED) is 0.681. The molecule has 0 radical (unpaired) electrons. The van der Waals surface area contributed by atoms with Gasteiger partial charge in [-0.1, -0.05) is 47.0 Å². The fourth-order valence-electron chi connectivity index (χ4n) is 3.14. The van der Waals surface area contributed by atoms with Crippen molar-refractivity contribution < 1.29 is 17.9 Å². The minimum Gasteiger partial charge on any atom is -0.484 e. The van der Waals surface area contributed by atoms with Gasteiger partial charge in [-0.2, -0.15) is 0 Å². The summed E-state index contributed by atoms with van der Waals surface area (Å²) in [5, 5.41) is 0.934. The molecule has 0 spiro atoms. The summed E-state index contributed by atoms with van der Waals surface area (Å²) in [7, 11) is -3.14. The SMILES string of the molecule is Cc1ccc(OCC(=O)N(Cc2ccc(Cl)cc2Cl)[C@H]2CCS(=O)(=O)C2)cc1. The van der Waals surface area contributed by atoms with Crippen LogP contribution in [0.2, 0.25) is 10.0 Å². The first-order valence-corrected chi connectivity index (χ1v) is 11.4. The summed E-state index contributed by atoms with van der Waals surface area (Å²) in [4.78, 5) is 14.5. The number of aryl methyl sites for hydroxylation is 1. The monoisotopic (exact) mass is 441 g/mol. The van der Waals surface area contributed by atoms with Crippen molar-refractivity contribution in [3.63, 3.8) is 0 Å². The van der Waals surface area contributed by atoms with Gasteiger partial charge in [0.25, 0.3) is 5.91 Å². The summed E-state index contributed by atoms with van der Waals surface area (Å²) < 4.78 is 29.5. The summed E-state index contributed by atoms with van der Waals surface area (Å²) in [6.07, 6.45) is 0.407. The van der Waals surface area contributed by atoms with Gasteiger partial charge in [-0.25, -0.2) is 8.42 Å². The molecule has 1 aliphatic rings. The summed E-state index contributed by atoms with van der Waals surface area (Å²) in [5.74, 6) is 0.333.